The number of furan rings is 1. The Balaban J connectivity index is 1.94. The first kappa shape index (κ1) is 19.3. The Kier molecular flexibility index (Phi) is 5.02. The third-order valence-electron chi connectivity index (χ3n) is 4.57. The molecule has 0 N–H and O–H groups in total. The van der Waals surface area contributed by atoms with E-state index < -0.39 is 11.4 Å². The predicted octanol–water partition coefficient (Wildman–Crippen LogP) is 4.60. The van der Waals surface area contributed by atoms with Crippen LogP contribution in [0.25, 0.3) is 22.3 Å². The molecule has 0 aliphatic rings. The molecule has 0 spiro atoms. The van der Waals surface area contributed by atoms with E-state index in [9.17, 15) is 9.59 Å². The average Bonchev–Trinajstić information content (AvgIpc) is 3.30. The minimum Gasteiger partial charge on any atom is -0.493 e. The zero-order valence-corrected chi connectivity index (χ0v) is 16.6. The van der Waals surface area contributed by atoms with Gasteiger partial charge in [0.25, 0.3) is 0 Å². The van der Waals surface area contributed by atoms with Crippen LogP contribution in [0.15, 0.2) is 68.4 Å². The summed E-state index contributed by atoms with van der Waals surface area (Å²) in [7, 11) is 3.02. The lowest BCUT2D eigenvalue weighted by molar-refractivity contribution is 0.0698. The van der Waals surface area contributed by atoms with Gasteiger partial charge in [0, 0.05) is 5.56 Å². The molecule has 0 fully saturated rings. The van der Waals surface area contributed by atoms with Crippen molar-refractivity contribution in [3.05, 3.63) is 76.3 Å². The molecule has 0 saturated carbocycles. The number of methoxy groups -OCH3 is 2. The topological polar surface area (TPSA) is 88.1 Å². The monoisotopic (exact) mass is 406 g/mol. The van der Waals surface area contributed by atoms with E-state index in [4.69, 9.17) is 23.0 Å². The summed E-state index contributed by atoms with van der Waals surface area (Å²) in [5.41, 5.74) is 1.31. The zero-order valence-electron chi connectivity index (χ0n) is 16.6. The molecule has 0 aliphatic heterocycles. The normalized spacial score (nSPS) is 10.8. The lowest BCUT2D eigenvalue weighted by Gasteiger charge is -2.12. The van der Waals surface area contributed by atoms with E-state index in [1.54, 1.807) is 42.5 Å². The van der Waals surface area contributed by atoms with E-state index in [0.29, 0.717) is 28.0 Å². The van der Waals surface area contributed by atoms with Crippen LogP contribution in [0.3, 0.4) is 0 Å². The molecule has 2 aromatic heterocycles. The second-order valence-corrected chi connectivity index (χ2v) is 6.53. The maximum atomic E-state index is 13.2. The van der Waals surface area contributed by atoms with E-state index in [0.717, 1.165) is 5.56 Å². The van der Waals surface area contributed by atoms with E-state index in [2.05, 4.69) is 0 Å². The molecule has 30 heavy (non-hydrogen) atoms. The number of ether oxygens (including phenoxy) is 3. The summed E-state index contributed by atoms with van der Waals surface area (Å²) in [5.74, 6) is -0.0317. The highest BCUT2D eigenvalue weighted by atomic mass is 16.6. The molecule has 0 bridgehead atoms. The van der Waals surface area contributed by atoms with Crippen LogP contribution in [0, 0.1) is 6.92 Å². The molecule has 152 valence electrons. The number of hydrogen-bond donors (Lipinski definition) is 0. The Bertz CT molecular complexity index is 1280. The minimum absolute atomic E-state index is 0.0309. The van der Waals surface area contributed by atoms with Crippen LogP contribution < -0.4 is 19.6 Å². The molecule has 0 aliphatic carbocycles. The van der Waals surface area contributed by atoms with Gasteiger partial charge in [-0.05, 0) is 55.0 Å². The quantitative estimate of drug-likeness (QED) is 0.448. The van der Waals surface area contributed by atoms with Gasteiger partial charge in [-0.1, -0.05) is 6.07 Å². The van der Waals surface area contributed by atoms with Crippen molar-refractivity contribution in [1.29, 1.82) is 0 Å². The second kappa shape index (κ2) is 7.79. The summed E-state index contributed by atoms with van der Waals surface area (Å²) < 4.78 is 27.2. The molecule has 4 rings (SSSR count). The zero-order chi connectivity index (χ0) is 21.3. The van der Waals surface area contributed by atoms with Crippen molar-refractivity contribution in [2.45, 2.75) is 6.92 Å². The number of aryl methyl sites for hydroxylation is 1. The Labute approximate surface area is 171 Å². The predicted molar refractivity (Wildman–Crippen MR) is 109 cm³/mol. The SMILES string of the molecule is COc1ccc(-c2oc3cc(C)ccc3c(=O)c2OC(=O)c2ccco2)cc1OC. The van der Waals surface area contributed by atoms with Crippen LogP contribution in [-0.4, -0.2) is 20.2 Å². The van der Waals surface area contributed by atoms with Crippen molar-refractivity contribution in [1.82, 2.24) is 0 Å². The fourth-order valence-electron chi connectivity index (χ4n) is 3.08. The second-order valence-electron chi connectivity index (χ2n) is 6.53. The standard InChI is InChI=1S/C23H18O7/c1-13-6-8-15-18(11-13)29-21(14-7-9-16(26-2)19(12-14)27-3)22(20(15)24)30-23(25)17-5-4-10-28-17/h4-12H,1-3H3. The maximum Gasteiger partial charge on any atom is 0.379 e. The number of hydrogen-bond acceptors (Lipinski definition) is 7. The number of carbonyl (C=O) groups excluding carboxylic acids is 1. The van der Waals surface area contributed by atoms with E-state index in [1.807, 2.05) is 6.92 Å². The summed E-state index contributed by atoms with van der Waals surface area (Å²) in [6.45, 7) is 1.89. The highest BCUT2D eigenvalue weighted by molar-refractivity contribution is 5.91. The first-order valence-corrected chi connectivity index (χ1v) is 9.07. The van der Waals surface area contributed by atoms with Crippen LogP contribution in [0.1, 0.15) is 16.1 Å². The molecular weight excluding hydrogens is 388 g/mol. The summed E-state index contributed by atoms with van der Waals surface area (Å²) in [6, 6.07) is 13.2. The first-order valence-electron chi connectivity index (χ1n) is 9.07. The molecule has 0 unspecified atom stereocenters. The van der Waals surface area contributed by atoms with Crippen LogP contribution in [0.2, 0.25) is 0 Å². The minimum atomic E-state index is -0.805. The summed E-state index contributed by atoms with van der Waals surface area (Å²) >= 11 is 0. The third kappa shape index (κ3) is 3.41. The van der Waals surface area contributed by atoms with Crippen LogP contribution in [0.4, 0.5) is 0 Å². The van der Waals surface area contributed by atoms with Crippen molar-refractivity contribution < 1.29 is 27.8 Å². The van der Waals surface area contributed by atoms with Crippen molar-refractivity contribution in [2.24, 2.45) is 0 Å². The molecule has 0 radical (unpaired) electrons. The lowest BCUT2D eigenvalue weighted by atomic mass is 10.1. The first-order chi connectivity index (χ1) is 14.5. The van der Waals surface area contributed by atoms with Gasteiger partial charge in [0.1, 0.15) is 5.58 Å². The molecule has 2 heterocycles. The van der Waals surface area contributed by atoms with Crippen molar-refractivity contribution >= 4 is 16.9 Å². The number of benzene rings is 2. The molecule has 0 atom stereocenters. The van der Waals surface area contributed by atoms with Gasteiger partial charge in [-0.3, -0.25) is 4.79 Å². The van der Waals surface area contributed by atoms with E-state index in [1.165, 1.54) is 26.5 Å². The highest BCUT2D eigenvalue weighted by Gasteiger charge is 2.23. The van der Waals surface area contributed by atoms with Crippen LogP contribution in [0.5, 0.6) is 17.2 Å². The Morgan fingerprint density at radius 2 is 1.77 bits per heavy atom. The van der Waals surface area contributed by atoms with Gasteiger partial charge in [-0.15, -0.1) is 0 Å². The molecule has 7 heteroatoms. The lowest BCUT2D eigenvalue weighted by Crippen LogP contribution is -2.16. The highest BCUT2D eigenvalue weighted by Crippen LogP contribution is 2.37. The molecule has 0 amide bonds. The van der Waals surface area contributed by atoms with Gasteiger partial charge < -0.3 is 23.0 Å². The Hall–Kier alpha value is -4.00. The largest absolute Gasteiger partial charge is 0.493 e. The molecular formula is C23H18O7. The number of carbonyl (C=O) groups is 1. The van der Waals surface area contributed by atoms with E-state index >= 15 is 0 Å². The fraction of sp³-hybridized carbons (Fsp3) is 0.130. The number of rotatable bonds is 5. The van der Waals surface area contributed by atoms with Gasteiger partial charge in [0.2, 0.25) is 16.9 Å². The summed E-state index contributed by atoms with van der Waals surface area (Å²) in [6.07, 6.45) is 1.34. The van der Waals surface area contributed by atoms with Crippen molar-refractivity contribution in [3.8, 4) is 28.6 Å². The van der Waals surface area contributed by atoms with Crippen LogP contribution >= 0.6 is 0 Å². The van der Waals surface area contributed by atoms with Gasteiger partial charge in [-0.2, -0.15) is 0 Å². The average molecular weight is 406 g/mol. The summed E-state index contributed by atoms with van der Waals surface area (Å²) in [4.78, 5) is 25.7. The Morgan fingerprint density at radius 3 is 2.47 bits per heavy atom. The number of fused-ring (bicyclic) bond motifs is 1. The van der Waals surface area contributed by atoms with Crippen LogP contribution in [-0.2, 0) is 0 Å². The fourth-order valence-corrected chi connectivity index (χ4v) is 3.08. The molecule has 7 nitrogen and oxygen atoms in total. The molecule has 0 saturated heterocycles. The van der Waals surface area contributed by atoms with Gasteiger partial charge >= 0.3 is 5.97 Å². The molecule has 4 aromatic rings. The Morgan fingerprint density at radius 1 is 0.967 bits per heavy atom. The van der Waals surface area contributed by atoms with Gasteiger partial charge in [0.15, 0.2) is 17.3 Å². The van der Waals surface area contributed by atoms with Gasteiger partial charge in [0.05, 0.1) is 25.9 Å². The van der Waals surface area contributed by atoms with Crippen molar-refractivity contribution in [3.63, 3.8) is 0 Å². The third-order valence-corrected chi connectivity index (χ3v) is 4.57. The molecule has 2 aromatic carbocycles. The van der Waals surface area contributed by atoms with E-state index in [-0.39, 0.29) is 17.3 Å². The maximum absolute atomic E-state index is 13.2. The smallest absolute Gasteiger partial charge is 0.379 e. The van der Waals surface area contributed by atoms with Crippen molar-refractivity contribution in [2.75, 3.05) is 14.2 Å². The van der Waals surface area contributed by atoms with Gasteiger partial charge in [-0.25, -0.2) is 4.79 Å². The summed E-state index contributed by atoms with van der Waals surface area (Å²) in [5, 5.41) is 0.298. The number of esters is 1.